The molecule has 0 aromatic heterocycles. The molecule has 0 aliphatic heterocycles. The zero-order chi connectivity index (χ0) is 12.9. The van der Waals surface area contributed by atoms with Crippen molar-refractivity contribution >= 4 is 5.69 Å². The Hall–Kier alpha value is -1.23. The van der Waals surface area contributed by atoms with Gasteiger partial charge in [0.05, 0.1) is 6.42 Å². The normalized spacial score (nSPS) is 13.6. The van der Waals surface area contributed by atoms with Gasteiger partial charge in [0.2, 0.25) is 0 Å². The van der Waals surface area contributed by atoms with Crippen LogP contribution in [0.3, 0.4) is 0 Å². The number of benzene rings is 1. The largest absolute Gasteiger partial charge is 0.399 e. The number of hydrogen-bond acceptors (Lipinski definition) is 2. The van der Waals surface area contributed by atoms with E-state index in [1.807, 2.05) is 18.2 Å². The maximum Gasteiger partial charge on any atom is 0.390 e. The molecule has 0 fully saturated rings. The number of nitrogen functional groups attached to an aromatic ring is 1. The SMILES string of the molecule is CC(CC(F)(F)F)NCCc1cccc(N)c1. The first-order chi connectivity index (χ1) is 7.87. The fourth-order valence-corrected chi connectivity index (χ4v) is 1.63. The van der Waals surface area contributed by atoms with Crippen LogP contribution in [0.25, 0.3) is 0 Å². The molecule has 0 spiro atoms. The molecule has 96 valence electrons. The van der Waals surface area contributed by atoms with Crippen LogP contribution in [0.2, 0.25) is 0 Å². The first-order valence-corrected chi connectivity index (χ1v) is 5.51. The van der Waals surface area contributed by atoms with Gasteiger partial charge in [0.1, 0.15) is 0 Å². The molecule has 0 radical (unpaired) electrons. The minimum Gasteiger partial charge on any atom is -0.399 e. The van der Waals surface area contributed by atoms with Crippen LogP contribution >= 0.6 is 0 Å². The Bertz CT molecular complexity index is 350. The molecule has 0 saturated carbocycles. The number of rotatable bonds is 5. The van der Waals surface area contributed by atoms with E-state index in [0.29, 0.717) is 18.7 Å². The van der Waals surface area contributed by atoms with Crippen LogP contribution in [0.5, 0.6) is 0 Å². The molecule has 1 aromatic rings. The molecule has 0 amide bonds. The lowest BCUT2D eigenvalue weighted by atomic mass is 10.1. The fraction of sp³-hybridized carbons (Fsp3) is 0.500. The van der Waals surface area contributed by atoms with Crippen LogP contribution in [-0.2, 0) is 6.42 Å². The number of halogens is 3. The number of anilines is 1. The predicted molar refractivity (Wildman–Crippen MR) is 62.7 cm³/mol. The van der Waals surface area contributed by atoms with Crippen LogP contribution in [0.4, 0.5) is 18.9 Å². The molecule has 2 nitrogen and oxygen atoms in total. The summed E-state index contributed by atoms with van der Waals surface area (Å²) in [6.45, 7) is 2.05. The summed E-state index contributed by atoms with van der Waals surface area (Å²) in [4.78, 5) is 0. The first-order valence-electron chi connectivity index (χ1n) is 5.51. The smallest absolute Gasteiger partial charge is 0.390 e. The number of hydrogen-bond donors (Lipinski definition) is 2. The Morgan fingerprint density at radius 1 is 1.35 bits per heavy atom. The summed E-state index contributed by atoms with van der Waals surface area (Å²) >= 11 is 0. The molecule has 17 heavy (non-hydrogen) atoms. The summed E-state index contributed by atoms with van der Waals surface area (Å²) in [6, 6.07) is 6.80. The van der Waals surface area contributed by atoms with Gasteiger partial charge in [-0.2, -0.15) is 13.2 Å². The standard InChI is InChI=1S/C12H17F3N2/c1-9(8-12(13,14)15)17-6-5-10-3-2-4-11(16)7-10/h2-4,7,9,17H,5-6,8,16H2,1H3. The van der Waals surface area contributed by atoms with Crippen molar-refractivity contribution in [2.75, 3.05) is 12.3 Å². The summed E-state index contributed by atoms with van der Waals surface area (Å²) in [5.41, 5.74) is 7.30. The van der Waals surface area contributed by atoms with Gasteiger partial charge in [-0.3, -0.25) is 0 Å². The third kappa shape index (κ3) is 6.16. The van der Waals surface area contributed by atoms with Crippen LogP contribution < -0.4 is 11.1 Å². The average molecular weight is 246 g/mol. The first kappa shape index (κ1) is 13.8. The molecule has 3 N–H and O–H groups in total. The van der Waals surface area contributed by atoms with E-state index in [-0.39, 0.29) is 0 Å². The molecule has 1 atom stereocenters. The monoisotopic (exact) mass is 246 g/mol. The van der Waals surface area contributed by atoms with Crippen LogP contribution in [0, 0.1) is 0 Å². The van der Waals surface area contributed by atoms with Crippen LogP contribution in [-0.4, -0.2) is 18.8 Å². The molecule has 1 unspecified atom stereocenters. The van der Waals surface area contributed by atoms with E-state index in [4.69, 9.17) is 5.73 Å². The van der Waals surface area contributed by atoms with E-state index in [1.165, 1.54) is 6.92 Å². The molecule has 5 heteroatoms. The average Bonchev–Trinajstić information content (AvgIpc) is 2.14. The lowest BCUT2D eigenvalue weighted by molar-refractivity contribution is -0.138. The maximum atomic E-state index is 12.1. The van der Waals surface area contributed by atoms with Crippen molar-refractivity contribution in [2.45, 2.75) is 32.0 Å². The minimum atomic E-state index is -4.11. The van der Waals surface area contributed by atoms with Crippen LogP contribution in [0.1, 0.15) is 18.9 Å². The second-order valence-electron chi connectivity index (χ2n) is 4.17. The van der Waals surface area contributed by atoms with Gasteiger partial charge in [0.15, 0.2) is 0 Å². The van der Waals surface area contributed by atoms with Gasteiger partial charge < -0.3 is 11.1 Å². The highest BCUT2D eigenvalue weighted by Crippen LogP contribution is 2.21. The zero-order valence-electron chi connectivity index (χ0n) is 9.72. The summed E-state index contributed by atoms with van der Waals surface area (Å²) < 4.78 is 36.2. The molecule has 0 heterocycles. The van der Waals surface area contributed by atoms with Crippen molar-refractivity contribution < 1.29 is 13.2 Å². The van der Waals surface area contributed by atoms with E-state index in [1.54, 1.807) is 6.07 Å². The number of nitrogens with one attached hydrogen (secondary N) is 1. The van der Waals surface area contributed by atoms with Crippen molar-refractivity contribution in [1.29, 1.82) is 0 Å². The van der Waals surface area contributed by atoms with Crippen molar-refractivity contribution in [3.63, 3.8) is 0 Å². The van der Waals surface area contributed by atoms with Gasteiger partial charge in [-0.05, 0) is 37.6 Å². The highest BCUT2D eigenvalue weighted by molar-refractivity contribution is 5.40. The van der Waals surface area contributed by atoms with E-state index >= 15 is 0 Å². The minimum absolute atomic E-state index is 0.515. The summed E-state index contributed by atoms with van der Waals surface area (Å²) in [5, 5.41) is 2.85. The third-order valence-electron chi connectivity index (χ3n) is 2.40. The molecule has 0 aliphatic carbocycles. The summed E-state index contributed by atoms with van der Waals surface area (Å²) in [7, 11) is 0. The molecule has 0 bridgehead atoms. The van der Waals surface area contributed by atoms with E-state index in [2.05, 4.69) is 5.32 Å². The second kappa shape index (κ2) is 5.91. The van der Waals surface area contributed by atoms with Gasteiger partial charge in [-0.15, -0.1) is 0 Å². The zero-order valence-corrected chi connectivity index (χ0v) is 9.72. The summed E-state index contributed by atoms with van der Waals surface area (Å²) in [5.74, 6) is 0. The Morgan fingerprint density at radius 3 is 2.65 bits per heavy atom. The molecule has 0 saturated heterocycles. The van der Waals surface area contributed by atoms with E-state index < -0.39 is 18.6 Å². The van der Waals surface area contributed by atoms with Gasteiger partial charge in [-0.1, -0.05) is 12.1 Å². The van der Waals surface area contributed by atoms with Crippen molar-refractivity contribution in [1.82, 2.24) is 5.32 Å². The highest BCUT2D eigenvalue weighted by atomic mass is 19.4. The van der Waals surface area contributed by atoms with Gasteiger partial charge in [0, 0.05) is 11.7 Å². The lowest BCUT2D eigenvalue weighted by Gasteiger charge is -2.15. The fourth-order valence-electron chi connectivity index (χ4n) is 1.63. The lowest BCUT2D eigenvalue weighted by Crippen LogP contribution is -2.32. The van der Waals surface area contributed by atoms with Gasteiger partial charge in [0.25, 0.3) is 0 Å². The molecule has 0 aliphatic rings. The van der Waals surface area contributed by atoms with E-state index in [0.717, 1.165) is 5.56 Å². The third-order valence-corrected chi connectivity index (χ3v) is 2.40. The molecular weight excluding hydrogens is 229 g/mol. The molecule has 1 rings (SSSR count). The maximum absolute atomic E-state index is 12.1. The Labute approximate surface area is 99.0 Å². The topological polar surface area (TPSA) is 38.0 Å². The van der Waals surface area contributed by atoms with Crippen LogP contribution in [0.15, 0.2) is 24.3 Å². The number of alkyl halides is 3. The van der Waals surface area contributed by atoms with Crippen molar-refractivity contribution in [3.8, 4) is 0 Å². The Balaban J connectivity index is 2.28. The Morgan fingerprint density at radius 2 is 2.06 bits per heavy atom. The second-order valence-corrected chi connectivity index (χ2v) is 4.17. The molecule has 1 aromatic carbocycles. The van der Waals surface area contributed by atoms with E-state index in [9.17, 15) is 13.2 Å². The van der Waals surface area contributed by atoms with Gasteiger partial charge in [-0.25, -0.2) is 0 Å². The quantitative estimate of drug-likeness (QED) is 0.784. The van der Waals surface area contributed by atoms with Crippen molar-refractivity contribution in [2.24, 2.45) is 0 Å². The highest BCUT2D eigenvalue weighted by Gasteiger charge is 2.29. The van der Waals surface area contributed by atoms with Gasteiger partial charge >= 0.3 is 6.18 Å². The number of nitrogens with two attached hydrogens (primary N) is 1. The molecular formula is C12H17F3N2. The summed E-state index contributed by atoms with van der Waals surface area (Å²) in [6.07, 6.45) is -4.24. The Kier molecular flexibility index (Phi) is 4.81. The predicted octanol–water partition coefficient (Wildman–Crippen LogP) is 2.74. The van der Waals surface area contributed by atoms with Crippen molar-refractivity contribution in [3.05, 3.63) is 29.8 Å².